The van der Waals surface area contributed by atoms with E-state index in [0.29, 0.717) is 19.3 Å². The zero-order chi connectivity index (χ0) is 13.5. The standard InChI is InChI=1S/C17H23NO2/c1-11(18-17(12-2-3-12)13-4-5-13)14-6-7-15-16(10-14)20-9-8-19-15/h6-7,10-13,17-18H,2-5,8-9H2,1H3. The van der Waals surface area contributed by atoms with Crippen LogP contribution in [0.3, 0.4) is 0 Å². The van der Waals surface area contributed by atoms with E-state index in [1.807, 2.05) is 6.07 Å². The minimum Gasteiger partial charge on any atom is -0.486 e. The van der Waals surface area contributed by atoms with Crippen molar-refractivity contribution in [3.8, 4) is 11.5 Å². The second-order valence-electron chi connectivity index (χ2n) is 6.49. The predicted molar refractivity (Wildman–Crippen MR) is 78.2 cm³/mol. The first-order valence-corrected chi connectivity index (χ1v) is 7.97. The Labute approximate surface area is 120 Å². The van der Waals surface area contributed by atoms with E-state index < -0.39 is 0 Å². The van der Waals surface area contributed by atoms with E-state index in [9.17, 15) is 0 Å². The smallest absolute Gasteiger partial charge is 0.161 e. The molecule has 0 aromatic heterocycles. The molecule has 3 nitrogen and oxygen atoms in total. The molecule has 0 spiro atoms. The molecular formula is C17H23NO2. The third-order valence-corrected chi connectivity index (χ3v) is 4.77. The van der Waals surface area contributed by atoms with Gasteiger partial charge >= 0.3 is 0 Å². The molecule has 0 bridgehead atoms. The number of rotatable bonds is 5. The van der Waals surface area contributed by atoms with E-state index in [0.717, 1.165) is 29.4 Å². The van der Waals surface area contributed by atoms with Gasteiger partial charge in [-0.2, -0.15) is 0 Å². The zero-order valence-electron chi connectivity index (χ0n) is 12.1. The van der Waals surface area contributed by atoms with Crippen molar-refractivity contribution in [2.75, 3.05) is 13.2 Å². The highest BCUT2D eigenvalue weighted by Gasteiger charge is 2.41. The molecule has 3 aliphatic rings. The number of hydrogen-bond donors (Lipinski definition) is 1. The predicted octanol–water partition coefficient (Wildman–Crippen LogP) is 3.30. The topological polar surface area (TPSA) is 30.5 Å². The number of nitrogens with one attached hydrogen (secondary N) is 1. The van der Waals surface area contributed by atoms with Crippen LogP contribution in [0.4, 0.5) is 0 Å². The summed E-state index contributed by atoms with van der Waals surface area (Å²) in [5, 5.41) is 3.87. The molecular weight excluding hydrogens is 250 g/mol. The molecule has 1 N–H and O–H groups in total. The molecule has 2 saturated carbocycles. The summed E-state index contributed by atoms with van der Waals surface area (Å²) in [5.41, 5.74) is 1.31. The highest BCUT2D eigenvalue weighted by molar-refractivity contribution is 5.44. The van der Waals surface area contributed by atoms with Gasteiger partial charge in [0.05, 0.1) is 0 Å². The maximum Gasteiger partial charge on any atom is 0.161 e. The maximum absolute atomic E-state index is 5.69. The molecule has 4 rings (SSSR count). The molecule has 1 aliphatic heterocycles. The summed E-state index contributed by atoms with van der Waals surface area (Å²) in [5.74, 6) is 3.65. The lowest BCUT2D eigenvalue weighted by Crippen LogP contribution is -2.35. The highest BCUT2D eigenvalue weighted by atomic mass is 16.6. The molecule has 0 radical (unpaired) electrons. The van der Waals surface area contributed by atoms with Crippen LogP contribution in [0.25, 0.3) is 0 Å². The monoisotopic (exact) mass is 273 g/mol. The summed E-state index contributed by atoms with van der Waals surface area (Å²) in [6, 6.07) is 7.48. The minimum absolute atomic E-state index is 0.386. The largest absolute Gasteiger partial charge is 0.486 e. The normalized spacial score (nSPS) is 22.9. The lowest BCUT2D eigenvalue weighted by atomic mass is 10.0. The van der Waals surface area contributed by atoms with Gasteiger partial charge in [0.1, 0.15) is 13.2 Å². The number of benzene rings is 1. The zero-order valence-corrected chi connectivity index (χ0v) is 12.1. The molecule has 0 amide bonds. The first kappa shape index (κ1) is 12.5. The van der Waals surface area contributed by atoms with Crippen molar-refractivity contribution in [3.05, 3.63) is 23.8 Å². The van der Waals surface area contributed by atoms with Crippen molar-refractivity contribution >= 4 is 0 Å². The van der Waals surface area contributed by atoms with Gasteiger partial charge in [-0.25, -0.2) is 0 Å². The van der Waals surface area contributed by atoms with Gasteiger partial charge < -0.3 is 14.8 Å². The van der Waals surface area contributed by atoms with Gasteiger partial charge in [0, 0.05) is 12.1 Å². The highest BCUT2D eigenvalue weighted by Crippen LogP contribution is 2.45. The molecule has 108 valence electrons. The quantitative estimate of drug-likeness (QED) is 0.893. The summed E-state index contributed by atoms with van der Waals surface area (Å²) in [7, 11) is 0. The van der Waals surface area contributed by atoms with Gasteiger partial charge in [-0.3, -0.25) is 0 Å². The number of fused-ring (bicyclic) bond motifs is 1. The van der Waals surface area contributed by atoms with E-state index >= 15 is 0 Å². The van der Waals surface area contributed by atoms with Gasteiger partial charge in [-0.1, -0.05) is 6.07 Å². The third-order valence-electron chi connectivity index (χ3n) is 4.77. The Morgan fingerprint density at radius 1 is 1.00 bits per heavy atom. The summed E-state index contributed by atoms with van der Waals surface area (Å²) in [4.78, 5) is 0. The van der Waals surface area contributed by atoms with Gasteiger partial charge in [-0.05, 0) is 62.1 Å². The number of ether oxygens (including phenoxy) is 2. The fourth-order valence-corrected chi connectivity index (χ4v) is 3.28. The fourth-order valence-electron chi connectivity index (χ4n) is 3.28. The van der Waals surface area contributed by atoms with Crippen molar-refractivity contribution in [2.45, 2.75) is 44.7 Å². The molecule has 1 aromatic rings. The Morgan fingerprint density at radius 2 is 1.65 bits per heavy atom. The molecule has 0 saturated heterocycles. The van der Waals surface area contributed by atoms with Crippen LogP contribution < -0.4 is 14.8 Å². The Balaban J connectivity index is 1.48. The SMILES string of the molecule is CC(NC(C1CC1)C1CC1)c1ccc2c(c1)OCCO2. The van der Waals surface area contributed by atoms with E-state index in [1.54, 1.807) is 0 Å². The molecule has 2 fully saturated rings. The Kier molecular flexibility index (Phi) is 3.10. The third kappa shape index (κ3) is 2.51. The van der Waals surface area contributed by atoms with Crippen LogP contribution in [-0.4, -0.2) is 19.3 Å². The van der Waals surface area contributed by atoms with Crippen molar-refractivity contribution in [3.63, 3.8) is 0 Å². The van der Waals surface area contributed by atoms with Crippen LogP contribution in [-0.2, 0) is 0 Å². The van der Waals surface area contributed by atoms with E-state index in [2.05, 4.69) is 24.4 Å². The Hall–Kier alpha value is -1.22. The minimum atomic E-state index is 0.386. The second-order valence-corrected chi connectivity index (χ2v) is 6.49. The molecule has 20 heavy (non-hydrogen) atoms. The average molecular weight is 273 g/mol. The fraction of sp³-hybridized carbons (Fsp3) is 0.647. The Bertz CT molecular complexity index is 482. The lowest BCUT2D eigenvalue weighted by molar-refractivity contribution is 0.171. The van der Waals surface area contributed by atoms with E-state index in [-0.39, 0.29) is 0 Å². The van der Waals surface area contributed by atoms with Crippen LogP contribution in [0.2, 0.25) is 0 Å². The number of hydrogen-bond acceptors (Lipinski definition) is 3. The maximum atomic E-state index is 5.69. The van der Waals surface area contributed by atoms with Crippen molar-refractivity contribution in [2.24, 2.45) is 11.8 Å². The lowest BCUT2D eigenvalue weighted by Gasteiger charge is -2.25. The van der Waals surface area contributed by atoms with Crippen molar-refractivity contribution in [1.82, 2.24) is 5.32 Å². The molecule has 1 aromatic carbocycles. The van der Waals surface area contributed by atoms with Crippen LogP contribution in [0.1, 0.15) is 44.2 Å². The van der Waals surface area contributed by atoms with Crippen molar-refractivity contribution in [1.29, 1.82) is 0 Å². The molecule has 2 aliphatic carbocycles. The first-order chi connectivity index (χ1) is 9.81. The molecule has 1 unspecified atom stereocenters. The van der Waals surface area contributed by atoms with Crippen LogP contribution >= 0.6 is 0 Å². The summed E-state index contributed by atoms with van der Waals surface area (Å²) < 4.78 is 11.3. The second kappa shape index (κ2) is 4.96. The Morgan fingerprint density at radius 3 is 2.30 bits per heavy atom. The van der Waals surface area contributed by atoms with Gasteiger partial charge in [0.15, 0.2) is 11.5 Å². The summed E-state index contributed by atoms with van der Waals surface area (Å²) >= 11 is 0. The summed E-state index contributed by atoms with van der Waals surface area (Å²) in [6.07, 6.45) is 5.67. The molecule has 3 heteroatoms. The van der Waals surface area contributed by atoms with Gasteiger partial charge in [-0.15, -0.1) is 0 Å². The van der Waals surface area contributed by atoms with Gasteiger partial charge in [0.25, 0.3) is 0 Å². The molecule has 1 heterocycles. The van der Waals surface area contributed by atoms with E-state index in [1.165, 1.54) is 31.2 Å². The van der Waals surface area contributed by atoms with Crippen molar-refractivity contribution < 1.29 is 9.47 Å². The average Bonchev–Trinajstić information content (AvgIpc) is 3.37. The summed E-state index contributed by atoms with van der Waals surface area (Å²) in [6.45, 7) is 3.58. The van der Waals surface area contributed by atoms with Gasteiger partial charge in [0.2, 0.25) is 0 Å². The van der Waals surface area contributed by atoms with Crippen LogP contribution in [0.15, 0.2) is 18.2 Å². The molecule has 1 atom stereocenters. The first-order valence-electron chi connectivity index (χ1n) is 7.97. The van der Waals surface area contributed by atoms with E-state index in [4.69, 9.17) is 9.47 Å². The van der Waals surface area contributed by atoms with Crippen LogP contribution in [0.5, 0.6) is 11.5 Å². The van der Waals surface area contributed by atoms with Crippen LogP contribution in [0, 0.1) is 11.8 Å².